The van der Waals surface area contributed by atoms with Gasteiger partial charge < -0.3 is 4.98 Å². The van der Waals surface area contributed by atoms with Crippen molar-refractivity contribution >= 4 is 22.8 Å². The molecule has 1 aromatic heterocycles. The van der Waals surface area contributed by atoms with Crippen LogP contribution in [0.2, 0.25) is 0 Å². The summed E-state index contributed by atoms with van der Waals surface area (Å²) in [5, 5.41) is 0. The minimum absolute atomic E-state index is 0.618. The van der Waals surface area contributed by atoms with E-state index in [-0.39, 0.29) is 0 Å². The normalized spacial score (nSPS) is 25.5. The number of thioether (sulfide) groups is 1. The van der Waals surface area contributed by atoms with Crippen LogP contribution in [-0.4, -0.2) is 45.5 Å². The van der Waals surface area contributed by atoms with Crippen molar-refractivity contribution in [3.05, 3.63) is 30.1 Å². The molecule has 1 aromatic carbocycles. The Labute approximate surface area is 124 Å². The SMILES string of the molecule is c1ccc2[nH]c(C3CCN([C@H]4CCSC4)CC3)nc2c1. The number of para-hydroxylation sites is 2. The average Bonchev–Trinajstić information content (AvgIpc) is 3.17. The van der Waals surface area contributed by atoms with Gasteiger partial charge in [0.15, 0.2) is 0 Å². The molecule has 3 nitrogen and oxygen atoms in total. The van der Waals surface area contributed by atoms with Crippen molar-refractivity contribution in [2.24, 2.45) is 0 Å². The lowest BCUT2D eigenvalue weighted by Gasteiger charge is -2.35. The molecule has 0 saturated carbocycles. The molecule has 1 atom stereocenters. The molecule has 0 radical (unpaired) electrons. The summed E-state index contributed by atoms with van der Waals surface area (Å²) in [6.45, 7) is 2.49. The van der Waals surface area contributed by atoms with Gasteiger partial charge in [0, 0.05) is 17.7 Å². The van der Waals surface area contributed by atoms with Gasteiger partial charge >= 0.3 is 0 Å². The number of aromatic nitrogens is 2. The number of hydrogen-bond acceptors (Lipinski definition) is 3. The molecule has 2 aromatic rings. The predicted molar refractivity (Wildman–Crippen MR) is 85.4 cm³/mol. The standard InChI is InChI=1S/C16H21N3S/c1-2-4-15-14(3-1)17-16(18-15)12-5-8-19(9-6-12)13-7-10-20-11-13/h1-4,12-13H,5-11H2,(H,17,18)/t13-/m0/s1. The lowest BCUT2D eigenvalue weighted by Crippen LogP contribution is -2.41. The lowest BCUT2D eigenvalue weighted by atomic mass is 9.95. The van der Waals surface area contributed by atoms with E-state index in [2.05, 4.69) is 45.9 Å². The molecular formula is C16H21N3S. The third-order valence-electron chi connectivity index (χ3n) is 4.75. The van der Waals surface area contributed by atoms with Crippen molar-refractivity contribution in [3.63, 3.8) is 0 Å². The maximum absolute atomic E-state index is 4.78. The second kappa shape index (κ2) is 5.41. The largest absolute Gasteiger partial charge is 0.342 e. The fraction of sp³-hybridized carbons (Fsp3) is 0.562. The van der Waals surface area contributed by atoms with E-state index in [9.17, 15) is 0 Å². The Morgan fingerprint density at radius 2 is 2.00 bits per heavy atom. The Morgan fingerprint density at radius 1 is 1.15 bits per heavy atom. The van der Waals surface area contributed by atoms with Gasteiger partial charge in [-0.25, -0.2) is 4.98 Å². The van der Waals surface area contributed by atoms with Gasteiger partial charge in [-0.05, 0) is 50.2 Å². The van der Waals surface area contributed by atoms with Crippen LogP contribution >= 0.6 is 11.8 Å². The van der Waals surface area contributed by atoms with Crippen molar-refractivity contribution in [1.82, 2.24) is 14.9 Å². The number of fused-ring (bicyclic) bond motifs is 1. The number of likely N-dealkylation sites (tertiary alicyclic amines) is 1. The molecule has 0 amide bonds. The first-order valence-electron chi connectivity index (χ1n) is 7.66. The summed E-state index contributed by atoms with van der Waals surface area (Å²) in [4.78, 5) is 11.0. The molecule has 3 heterocycles. The Morgan fingerprint density at radius 3 is 2.75 bits per heavy atom. The van der Waals surface area contributed by atoms with Crippen LogP contribution in [-0.2, 0) is 0 Å². The number of H-pyrrole nitrogens is 1. The fourth-order valence-corrected chi connectivity index (χ4v) is 4.77. The van der Waals surface area contributed by atoms with Gasteiger partial charge in [-0.3, -0.25) is 4.90 Å². The number of imidazole rings is 1. The van der Waals surface area contributed by atoms with Crippen molar-refractivity contribution in [1.29, 1.82) is 0 Å². The van der Waals surface area contributed by atoms with E-state index in [0.29, 0.717) is 5.92 Å². The van der Waals surface area contributed by atoms with Gasteiger partial charge in [0.2, 0.25) is 0 Å². The van der Waals surface area contributed by atoms with Gasteiger partial charge in [-0.2, -0.15) is 11.8 Å². The summed E-state index contributed by atoms with van der Waals surface area (Å²) in [5.41, 5.74) is 2.29. The van der Waals surface area contributed by atoms with Gasteiger partial charge in [0.25, 0.3) is 0 Å². The highest BCUT2D eigenvalue weighted by Crippen LogP contribution is 2.31. The number of nitrogens with zero attached hydrogens (tertiary/aromatic N) is 2. The van der Waals surface area contributed by atoms with E-state index in [4.69, 9.17) is 4.98 Å². The van der Waals surface area contributed by atoms with E-state index in [1.54, 1.807) is 0 Å². The Balaban J connectivity index is 1.45. The summed E-state index contributed by atoms with van der Waals surface area (Å²) in [6.07, 6.45) is 3.89. The maximum atomic E-state index is 4.78. The van der Waals surface area contributed by atoms with Gasteiger partial charge in [-0.15, -0.1) is 0 Å². The molecule has 106 valence electrons. The lowest BCUT2D eigenvalue weighted by molar-refractivity contribution is 0.163. The number of piperidine rings is 1. The summed E-state index contributed by atoms with van der Waals surface area (Å²) < 4.78 is 0. The van der Waals surface area contributed by atoms with E-state index in [0.717, 1.165) is 11.6 Å². The molecule has 2 aliphatic rings. The number of aromatic amines is 1. The van der Waals surface area contributed by atoms with Gasteiger partial charge in [0.05, 0.1) is 11.0 Å². The number of nitrogens with one attached hydrogen (secondary N) is 1. The molecule has 1 N–H and O–H groups in total. The number of rotatable bonds is 2. The van der Waals surface area contributed by atoms with Gasteiger partial charge in [-0.1, -0.05) is 12.1 Å². The predicted octanol–water partition coefficient (Wildman–Crippen LogP) is 3.25. The first-order chi connectivity index (χ1) is 9.90. The molecule has 0 bridgehead atoms. The third-order valence-corrected chi connectivity index (χ3v) is 5.89. The second-order valence-electron chi connectivity index (χ2n) is 5.97. The zero-order valence-electron chi connectivity index (χ0n) is 11.7. The second-order valence-corrected chi connectivity index (χ2v) is 7.12. The number of hydrogen-bond donors (Lipinski definition) is 1. The highest BCUT2D eigenvalue weighted by atomic mass is 32.2. The molecule has 2 aliphatic heterocycles. The summed E-state index contributed by atoms with van der Waals surface area (Å²) >= 11 is 2.12. The molecule has 0 unspecified atom stereocenters. The zero-order valence-corrected chi connectivity index (χ0v) is 12.5. The monoisotopic (exact) mass is 287 g/mol. The topological polar surface area (TPSA) is 31.9 Å². The van der Waals surface area contributed by atoms with Crippen LogP contribution in [0.1, 0.15) is 31.0 Å². The molecule has 20 heavy (non-hydrogen) atoms. The molecule has 0 aliphatic carbocycles. The smallest absolute Gasteiger partial charge is 0.110 e. The van der Waals surface area contributed by atoms with Crippen molar-refractivity contribution in [2.75, 3.05) is 24.6 Å². The summed E-state index contributed by atoms with van der Waals surface area (Å²) in [5.74, 6) is 4.52. The van der Waals surface area contributed by atoms with Crippen LogP contribution in [0.15, 0.2) is 24.3 Å². The first-order valence-corrected chi connectivity index (χ1v) is 8.82. The van der Waals surface area contributed by atoms with Gasteiger partial charge in [0.1, 0.15) is 5.82 Å². The minimum atomic E-state index is 0.618. The third kappa shape index (κ3) is 2.35. The average molecular weight is 287 g/mol. The fourth-order valence-electron chi connectivity index (χ4n) is 3.51. The summed E-state index contributed by atoms with van der Waals surface area (Å²) in [7, 11) is 0. The van der Waals surface area contributed by atoms with Crippen LogP contribution in [0.3, 0.4) is 0 Å². The van der Waals surface area contributed by atoms with Crippen LogP contribution in [0, 0.1) is 0 Å². The Hall–Kier alpha value is -1.00. The maximum Gasteiger partial charge on any atom is 0.110 e. The Kier molecular flexibility index (Phi) is 3.44. The van der Waals surface area contributed by atoms with E-state index in [1.807, 2.05) is 0 Å². The quantitative estimate of drug-likeness (QED) is 0.920. The van der Waals surface area contributed by atoms with Crippen LogP contribution in [0.25, 0.3) is 11.0 Å². The van der Waals surface area contributed by atoms with E-state index < -0.39 is 0 Å². The number of benzene rings is 1. The minimum Gasteiger partial charge on any atom is -0.342 e. The highest BCUT2D eigenvalue weighted by Gasteiger charge is 2.29. The summed E-state index contributed by atoms with van der Waals surface area (Å²) in [6, 6.07) is 9.20. The molecule has 4 rings (SSSR count). The van der Waals surface area contributed by atoms with Crippen molar-refractivity contribution in [2.45, 2.75) is 31.2 Å². The van der Waals surface area contributed by atoms with Crippen molar-refractivity contribution < 1.29 is 0 Å². The van der Waals surface area contributed by atoms with Crippen LogP contribution < -0.4 is 0 Å². The highest BCUT2D eigenvalue weighted by molar-refractivity contribution is 7.99. The zero-order chi connectivity index (χ0) is 13.4. The van der Waals surface area contributed by atoms with E-state index in [1.165, 1.54) is 55.2 Å². The molecule has 2 saturated heterocycles. The Bertz CT molecular complexity index is 547. The molecule has 0 spiro atoms. The first kappa shape index (κ1) is 12.7. The van der Waals surface area contributed by atoms with Crippen molar-refractivity contribution in [3.8, 4) is 0 Å². The molecule has 2 fully saturated rings. The molecular weight excluding hydrogens is 266 g/mol. The van der Waals surface area contributed by atoms with Crippen LogP contribution in [0.5, 0.6) is 0 Å². The van der Waals surface area contributed by atoms with E-state index >= 15 is 0 Å². The molecule has 4 heteroatoms. The van der Waals surface area contributed by atoms with Crippen LogP contribution in [0.4, 0.5) is 0 Å².